The first-order chi connectivity index (χ1) is 9.09. The summed E-state index contributed by atoms with van der Waals surface area (Å²) < 4.78 is 0.537. The minimum Gasteiger partial charge on any atom is -0.376 e. The Balaban J connectivity index is 2.27. The molecule has 0 spiro atoms. The second-order valence-corrected chi connectivity index (χ2v) is 4.96. The summed E-state index contributed by atoms with van der Waals surface area (Å²) in [4.78, 5) is 18.2. The number of rotatable bonds is 3. The van der Waals surface area contributed by atoms with Gasteiger partial charge >= 0.3 is 0 Å². The van der Waals surface area contributed by atoms with Crippen LogP contribution in [0.4, 0.5) is 11.4 Å². The topological polar surface area (TPSA) is 45.2 Å². The van der Waals surface area contributed by atoms with Crippen molar-refractivity contribution in [1.29, 1.82) is 0 Å². The zero-order valence-corrected chi connectivity index (χ0v) is 12.3. The Hall–Kier alpha value is -1.88. The quantitative estimate of drug-likeness (QED) is 0.884. The molecule has 5 heteroatoms. The van der Waals surface area contributed by atoms with Gasteiger partial charge in [-0.05, 0) is 40.2 Å². The lowest BCUT2D eigenvalue weighted by molar-refractivity contribution is 0.102. The summed E-state index contributed by atoms with van der Waals surface area (Å²) in [5.41, 5.74) is 2.24. The molecular weight excluding hydrogens is 306 g/mol. The van der Waals surface area contributed by atoms with Crippen molar-refractivity contribution < 1.29 is 4.79 Å². The third kappa shape index (κ3) is 3.12. The zero-order chi connectivity index (χ0) is 13.8. The van der Waals surface area contributed by atoms with Gasteiger partial charge in [-0.2, -0.15) is 0 Å². The van der Waals surface area contributed by atoms with Crippen LogP contribution in [-0.2, 0) is 0 Å². The molecule has 0 fully saturated rings. The first kappa shape index (κ1) is 13.5. The van der Waals surface area contributed by atoms with Gasteiger partial charge in [0.2, 0.25) is 0 Å². The van der Waals surface area contributed by atoms with Crippen LogP contribution in [0.5, 0.6) is 0 Å². The third-order valence-electron chi connectivity index (χ3n) is 2.64. The SMILES string of the molecule is CN(C)c1ccccc1NC(=O)c1cccnc1Br. The summed E-state index contributed by atoms with van der Waals surface area (Å²) in [5.74, 6) is -0.186. The number of pyridine rings is 1. The van der Waals surface area contributed by atoms with Gasteiger partial charge in [-0.15, -0.1) is 0 Å². The molecule has 98 valence electrons. The number of hydrogen-bond acceptors (Lipinski definition) is 3. The lowest BCUT2D eigenvalue weighted by atomic mass is 10.2. The molecule has 1 aromatic carbocycles. The van der Waals surface area contributed by atoms with E-state index >= 15 is 0 Å². The molecule has 0 unspecified atom stereocenters. The molecule has 0 atom stereocenters. The molecule has 0 aliphatic carbocycles. The van der Waals surface area contributed by atoms with Crippen molar-refractivity contribution in [2.75, 3.05) is 24.3 Å². The molecule has 2 aromatic rings. The molecule has 0 radical (unpaired) electrons. The Morgan fingerprint density at radius 1 is 1.21 bits per heavy atom. The summed E-state index contributed by atoms with van der Waals surface area (Å²) >= 11 is 3.28. The van der Waals surface area contributed by atoms with Gasteiger partial charge in [0.1, 0.15) is 4.60 Å². The first-order valence-electron chi connectivity index (χ1n) is 5.78. The number of aromatic nitrogens is 1. The van der Waals surface area contributed by atoms with E-state index < -0.39 is 0 Å². The van der Waals surface area contributed by atoms with Gasteiger partial charge in [-0.1, -0.05) is 12.1 Å². The molecule has 0 aliphatic rings. The highest BCUT2D eigenvalue weighted by Crippen LogP contribution is 2.24. The fraction of sp³-hybridized carbons (Fsp3) is 0.143. The van der Waals surface area contributed by atoms with E-state index in [1.165, 1.54) is 0 Å². The summed E-state index contributed by atoms with van der Waals surface area (Å²) in [6.45, 7) is 0. The van der Waals surface area contributed by atoms with Gasteiger partial charge < -0.3 is 10.2 Å². The molecule has 1 N–H and O–H groups in total. The maximum atomic E-state index is 12.2. The van der Waals surface area contributed by atoms with Crippen molar-refractivity contribution in [3.8, 4) is 0 Å². The Bertz CT molecular complexity index is 599. The normalized spacial score (nSPS) is 10.1. The van der Waals surface area contributed by atoms with Crippen LogP contribution in [0.15, 0.2) is 47.2 Å². The molecule has 19 heavy (non-hydrogen) atoms. The second kappa shape index (κ2) is 5.84. The molecule has 0 aliphatic heterocycles. The molecular formula is C14H14BrN3O. The zero-order valence-electron chi connectivity index (χ0n) is 10.7. The molecule has 0 bridgehead atoms. The highest BCUT2D eigenvalue weighted by atomic mass is 79.9. The van der Waals surface area contributed by atoms with E-state index in [1.54, 1.807) is 18.3 Å². The van der Waals surface area contributed by atoms with Crippen molar-refractivity contribution in [3.05, 3.63) is 52.8 Å². The van der Waals surface area contributed by atoms with Gasteiger partial charge in [-0.3, -0.25) is 4.79 Å². The van der Waals surface area contributed by atoms with Crippen LogP contribution in [0.3, 0.4) is 0 Å². The Morgan fingerprint density at radius 3 is 2.63 bits per heavy atom. The van der Waals surface area contributed by atoms with Crippen LogP contribution >= 0.6 is 15.9 Å². The molecule has 1 heterocycles. The van der Waals surface area contributed by atoms with Crippen molar-refractivity contribution in [3.63, 3.8) is 0 Å². The maximum Gasteiger partial charge on any atom is 0.258 e. The molecule has 1 aromatic heterocycles. The predicted octanol–water partition coefficient (Wildman–Crippen LogP) is 3.16. The van der Waals surface area contributed by atoms with Crippen LogP contribution in [0.2, 0.25) is 0 Å². The van der Waals surface area contributed by atoms with Crippen molar-refractivity contribution in [1.82, 2.24) is 4.98 Å². The van der Waals surface area contributed by atoms with E-state index in [4.69, 9.17) is 0 Å². The van der Waals surface area contributed by atoms with Crippen LogP contribution in [0.25, 0.3) is 0 Å². The average Bonchev–Trinajstić information content (AvgIpc) is 2.39. The van der Waals surface area contributed by atoms with Crippen LogP contribution < -0.4 is 10.2 Å². The average molecular weight is 320 g/mol. The third-order valence-corrected chi connectivity index (χ3v) is 3.27. The van der Waals surface area contributed by atoms with Gasteiger partial charge in [0.05, 0.1) is 16.9 Å². The van der Waals surface area contributed by atoms with E-state index in [2.05, 4.69) is 26.2 Å². The van der Waals surface area contributed by atoms with Crippen LogP contribution in [0.1, 0.15) is 10.4 Å². The Kier molecular flexibility index (Phi) is 4.16. The highest BCUT2D eigenvalue weighted by molar-refractivity contribution is 9.10. The standard InChI is InChI=1S/C14H14BrN3O/c1-18(2)12-8-4-3-7-11(12)17-14(19)10-6-5-9-16-13(10)15/h3-9H,1-2H3,(H,17,19). The van der Waals surface area contributed by atoms with E-state index in [0.29, 0.717) is 10.2 Å². The summed E-state index contributed by atoms with van der Waals surface area (Å²) in [7, 11) is 3.87. The van der Waals surface area contributed by atoms with E-state index in [1.807, 2.05) is 43.3 Å². The number of hydrogen-bond donors (Lipinski definition) is 1. The van der Waals surface area contributed by atoms with Crippen molar-refractivity contribution >= 4 is 33.2 Å². The number of nitrogens with one attached hydrogen (secondary N) is 1. The number of benzene rings is 1. The van der Waals surface area contributed by atoms with E-state index in [0.717, 1.165) is 11.4 Å². The number of nitrogens with zero attached hydrogens (tertiary/aromatic N) is 2. The predicted molar refractivity (Wildman–Crippen MR) is 80.7 cm³/mol. The van der Waals surface area contributed by atoms with Gasteiger partial charge in [0.25, 0.3) is 5.91 Å². The Labute approximate surface area is 120 Å². The largest absolute Gasteiger partial charge is 0.376 e. The number of carbonyl (C=O) groups is 1. The monoisotopic (exact) mass is 319 g/mol. The minimum atomic E-state index is -0.186. The Morgan fingerprint density at radius 2 is 1.95 bits per heavy atom. The van der Waals surface area contributed by atoms with Crippen LogP contribution in [0, 0.1) is 0 Å². The van der Waals surface area contributed by atoms with Crippen LogP contribution in [-0.4, -0.2) is 25.0 Å². The fourth-order valence-electron chi connectivity index (χ4n) is 1.71. The fourth-order valence-corrected chi connectivity index (χ4v) is 2.14. The first-order valence-corrected chi connectivity index (χ1v) is 6.57. The number of anilines is 2. The maximum absolute atomic E-state index is 12.2. The van der Waals surface area contributed by atoms with E-state index in [-0.39, 0.29) is 5.91 Å². The minimum absolute atomic E-state index is 0.186. The molecule has 0 saturated carbocycles. The molecule has 4 nitrogen and oxygen atoms in total. The lowest BCUT2D eigenvalue weighted by Crippen LogP contribution is -2.17. The van der Waals surface area contributed by atoms with Gasteiger partial charge in [0.15, 0.2) is 0 Å². The second-order valence-electron chi connectivity index (χ2n) is 4.21. The van der Waals surface area contributed by atoms with E-state index in [9.17, 15) is 4.79 Å². The highest BCUT2D eigenvalue weighted by Gasteiger charge is 2.12. The number of halogens is 1. The molecule has 0 saturated heterocycles. The smallest absolute Gasteiger partial charge is 0.258 e. The number of carbonyl (C=O) groups excluding carboxylic acids is 1. The lowest BCUT2D eigenvalue weighted by Gasteiger charge is -2.17. The summed E-state index contributed by atoms with van der Waals surface area (Å²) in [6, 6.07) is 11.1. The van der Waals surface area contributed by atoms with Gasteiger partial charge in [0, 0.05) is 20.3 Å². The molecule has 1 amide bonds. The van der Waals surface area contributed by atoms with Gasteiger partial charge in [-0.25, -0.2) is 4.98 Å². The molecule has 2 rings (SSSR count). The van der Waals surface area contributed by atoms with Crippen molar-refractivity contribution in [2.45, 2.75) is 0 Å². The summed E-state index contributed by atoms with van der Waals surface area (Å²) in [5, 5.41) is 2.90. The van der Waals surface area contributed by atoms with Crippen molar-refractivity contribution in [2.24, 2.45) is 0 Å². The number of amides is 1. The number of para-hydroxylation sites is 2. The summed E-state index contributed by atoms with van der Waals surface area (Å²) in [6.07, 6.45) is 1.63.